The van der Waals surface area contributed by atoms with Crippen molar-refractivity contribution in [1.29, 1.82) is 0 Å². The summed E-state index contributed by atoms with van der Waals surface area (Å²) in [6.07, 6.45) is 2.96. The number of rotatable bonds is 5. The average molecular weight is 424 g/mol. The number of nitrogens with zero attached hydrogens (tertiary/aromatic N) is 5. The van der Waals surface area contributed by atoms with Gasteiger partial charge in [-0.3, -0.25) is 0 Å². The minimum Gasteiger partial charge on any atom is -0.356 e. The maximum atomic E-state index is 12.8. The first-order valence-electron chi connectivity index (χ1n) is 9.63. The highest BCUT2D eigenvalue weighted by atomic mass is 32.1. The Morgan fingerprint density at radius 1 is 1.24 bits per heavy atom. The molecule has 1 fully saturated rings. The van der Waals surface area contributed by atoms with Crippen LogP contribution in [0.25, 0.3) is 10.2 Å². The van der Waals surface area contributed by atoms with E-state index in [1.807, 2.05) is 17.8 Å². The van der Waals surface area contributed by atoms with Gasteiger partial charge in [0.1, 0.15) is 17.0 Å². The highest BCUT2D eigenvalue weighted by Gasteiger charge is 2.29. The van der Waals surface area contributed by atoms with Gasteiger partial charge in [-0.25, -0.2) is 15.0 Å². The molecule has 1 aliphatic rings. The molecular formula is C19H23F3N6S. The maximum Gasteiger partial charge on any atom is 0.393 e. The molecule has 0 radical (unpaired) electrons. The number of hydrogen-bond donors (Lipinski definition) is 1. The van der Waals surface area contributed by atoms with Gasteiger partial charge in [0.25, 0.3) is 0 Å². The van der Waals surface area contributed by atoms with E-state index in [0.29, 0.717) is 10.9 Å². The Bertz CT molecular complexity index is 966. The van der Waals surface area contributed by atoms with Crippen LogP contribution < -0.4 is 10.2 Å². The Hall–Kier alpha value is -2.20. The van der Waals surface area contributed by atoms with Crippen LogP contribution in [0.3, 0.4) is 0 Å². The third-order valence-electron chi connectivity index (χ3n) is 5.25. The minimum absolute atomic E-state index is 0.278. The normalized spacial score (nSPS) is 18.3. The number of alkyl halides is 3. The quantitative estimate of drug-likeness (QED) is 0.677. The molecule has 0 unspecified atom stereocenters. The van der Waals surface area contributed by atoms with E-state index in [0.717, 1.165) is 67.1 Å². The van der Waals surface area contributed by atoms with Gasteiger partial charge in [-0.05, 0) is 25.3 Å². The predicted molar refractivity (Wildman–Crippen MR) is 107 cm³/mol. The number of hydrogen-bond acceptors (Lipinski definition) is 6. The van der Waals surface area contributed by atoms with E-state index < -0.39 is 12.6 Å². The van der Waals surface area contributed by atoms with Gasteiger partial charge >= 0.3 is 6.18 Å². The maximum absolute atomic E-state index is 12.8. The molecule has 29 heavy (non-hydrogen) atoms. The van der Waals surface area contributed by atoms with Crippen molar-refractivity contribution in [3.8, 4) is 0 Å². The van der Waals surface area contributed by atoms with Crippen molar-refractivity contribution in [2.45, 2.75) is 44.4 Å². The van der Waals surface area contributed by atoms with Crippen LogP contribution in [0.15, 0.2) is 24.9 Å². The lowest BCUT2D eigenvalue weighted by Crippen LogP contribution is -2.31. The van der Waals surface area contributed by atoms with E-state index in [1.54, 1.807) is 12.4 Å². The van der Waals surface area contributed by atoms with Gasteiger partial charge < -0.3 is 14.8 Å². The highest BCUT2D eigenvalue weighted by molar-refractivity contribution is 7.18. The molecule has 0 spiro atoms. The van der Waals surface area contributed by atoms with Crippen molar-refractivity contribution in [2.24, 2.45) is 7.05 Å². The van der Waals surface area contributed by atoms with E-state index in [9.17, 15) is 13.2 Å². The average Bonchev–Trinajstić information content (AvgIpc) is 3.16. The van der Waals surface area contributed by atoms with Gasteiger partial charge in [-0.2, -0.15) is 13.2 Å². The van der Waals surface area contributed by atoms with Gasteiger partial charge in [0.15, 0.2) is 0 Å². The molecule has 3 aromatic rings. The number of thiophene rings is 1. The zero-order valence-electron chi connectivity index (χ0n) is 16.1. The molecule has 1 atom stereocenters. The molecule has 0 bridgehead atoms. The molecule has 156 valence electrons. The van der Waals surface area contributed by atoms with Crippen molar-refractivity contribution in [1.82, 2.24) is 24.8 Å². The molecule has 1 N–H and O–H groups in total. The number of fused-ring (bicyclic) bond motifs is 1. The van der Waals surface area contributed by atoms with Crippen molar-refractivity contribution in [3.05, 3.63) is 35.5 Å². The first-order chi connectivity index (χ1) is 13.9. The highest BCUT2D eigenvalue weighted by Crippen LogP contribution is 2.34. The van der Waals surface area contributed by atoms with Crippen molar-refractivity contribution >= 4 is 27.4 Å². The SMILES string of the molecule is Cn1cncc1CN[C@@H]1CCCN(c2ncnc3sc(CC(F)(F)F)cc23)CC1. The summed E-state index contributed by atoms with van der Waals surface area (Å²) >= 11 is 1.10. The van der Waals surface area contributed by atoms with E-state index >= 15 is 0 Å². The molecule has 6 nitrogen and oxygen atoms in total. The molecular weight excluding hydrogens is 401 g/mol. The summed E-state index contributed by atoms with van der Waals surface area (Å²) in [6.45, 7) is 2.41. The van der Waals surface area contributed by atoms with E-state index in [1.165, 1.54) is 6.33 Å². The van der Waals surface area contributed by atoms with Gasteiger partial charge in [-0.1, -0.05) is 0 Å². The monoisotopic (exact) mass is 424 g/mol. The predicted octanol–water partition coefficient (Wildman–Crippen LogP) is 3.68. The second kappa shape index (κ2) is 8.27. The molecule has 4 rings (SSSR count). The smallest absolute Gasteiger partial charge is 0.356 e. The van der Waals surface area contributed by atoms with E-state index in [4.69, 9.17) is 0 Å². The number of imidazole rings is 1. The number of aryl methyl sites for hydroxylation is 1. The zero-order chi connectivity index (χ0) is 20.4. The van der Waals surface area contributed by atoms with Crippen LogP contribution in [0.2, 0.25) is 0 Å². The molecule has 1 aliphatic heterocycles. The van der Waals surface area contributed by atoms with Gasteiger partial charge in [-0.15, -0.1) is 11.3 Å². The zero-order valence-corrected chi connectivity index (χ0v) is 16.9. The fourth-order valence-corrected chi connectivity index (χ4v) is 4.77. The first-order valence-corrected chi connectivity index (χ1v) is 10.4. The molecule has 3 aromatic heterocycles. The molecule has 0 aromatic carbocycles. The Kier molecular flexibility index (Phi) is 5.73. The fraction of sp³-hybridized carbons (Fsp3) is 0.526. The van der Waals surface area contributed by atoms with E-state index in [-0.39, 0.29) is 4.88 Å². The van der Waals surface area contributed by atoms with Crippen LogP contribution in [0, 0.1) is 0 Å². The summed E-state index contributed by atoms with van der Waals surface area (Å²) in [5.74, 6) is 0.743. The lowest BCUT2D eigenvalue weighted by atomic mass is 10.1. The summed E-state index contributed by atoms with van der Waals surface area (Å²) in [5, 5.41) is 4.32. The summed E-state index contributed by atoms with van der Waals surface area (Å²) in [7, 11) is 1.98. The number of anilines is 1. The molecule has 0 amide bonds. The third kappa shape index (κ3) is 4.87. The van der Waals surface area contributed by atoms with Crippen molar-refractivity contribution in [3.63, 3.8) is 0 Å². The van der Waals surface area contributed by atoms with Gasteiger partial charge in [0.05, 0.1) is 23.8 Å². The lowest BCUT2D eigenvalue weighted by Gasteiger charge is -2.22. The van der Waals surface area contributed by atoms with Crippen molar-refractivity contribution in [2.75, 3.05) is 18.0 Å². The summed E-state index contributed by atoms with van der Waals surface area (Å²) in [5.41, 5.74) is 1.14. The summed E-state index contributed by atoms with van der Waals surface area (Å²) in [6, 6.07) is 1.99. The van der Waals surface area contributed by atoms with Crippen LogP contribution in [-0.4, -0.2) is 44.8 Å². The van der Waals surface area contributed by atoms with Crippen LogP contribution in [0.1, 0.15) is 29.8 Å². The standard InChI is InChI=1S/C19H23F3N6S/c1-27-12-23-9-14(27)10-24-13-3-2-5-28(6-4-13)17-16-7-15(8-19(20,21)22)29-18(16)26-11-25-17/h7,9,11-13,24H,2-6,8,10H2,1H3/t13-/m1/s1. The number of nitrogens with one attached hydrogen (secondary N) is 1. The first kappa shape index (κ1) is 20.1. The van der Waals surface area contributed by atoms with E-state index in [2.05, 4.69) is 25.2 Å². The topological polar surface area (TPSA) is 58.9 Å². The Morgan fingerprint density at radius 2 is 2.10 bits per heavy atom. The van der Waals surface area contributed by atoms with Gasteiger partial charge in [0.2, 0.25) is 0 Å². The van der Waals surface area contributed by atoms with Gasteiger partial charge in [0, 0.05) is 43.8 Å². The van der Waals surface area contributed by atoms with Crippen molar-refractivity contribution < 1.29 is 13.2 Å². The Balaban J connectivity index is 1.44. The van der Waals surface area contributed by atoms with Crippen LogP contribution in [-0.2, 0) is 20.0 Å². The second-order valence-electron chi connectivity index (χ2n) is 7.41. The van der Waals surface area contributed by atoms with Crippen LogP contribution in [0.4, 0.5) is 19.0 Å². The second-order valence-corrected chi connectivity index (χ2v) is 8.53. The Morgan fingerprint density at radius 3 is 2.86 bits per heavy atom. The minimum atomic E-state index is -4.22. The third-order valence-corrected chi connectivity index (χ3v) is 6.29. The molecule has 1 saturated heterocycles. The van der Waals surface area contributed by atoms with Crippen LogP contribution >= 0.6 is 11.3 Å². The summed E-state index contributed by atoms with van der Waals surface area (Å²) < 4.78 is 40.3. The fourth-order valence-electron chi connectivity index (χ4n) is 3.75. The van der Waals surface area contributed by atoms with Crippen LogP contribution in [0.5, 0.6) is 0 Å². The Labute approximate surface area is 170 Å². The molecule has 0 saturated carbocycles. The summed E-state index contributed by atoms with van der Waals surface area (Å²) in [4.78, 5) is 15.8. The number of halogens is 3. The number of aromatic nitrogens is 4. The lowest BCUT2D eigenvalue weighted by molar-refractivity contribution is -0.126. The molecule has 0 aliphatic carbocycles. The molecule has 4 heterocycles. The molecule has 10 heteroatoms. The largest absolute Gasteiger partial charge is 0.393 e.